The predicted octanol–water partition coefficient (Wildman–Crippen LogP) is 3.17. The lowest BCUT2D eigenvalue weighted by Gasteiger charge is -2.39. The molecule has 1 heterocycles. The molecule has 0 aromatic heterocycles. The molecule has 1 N–H and O–H groups in total. The molecule has 1 aliphatic carbocycles. The molecule has 0 radical (unpaired) electrons. The van der Waals surface area contributed by atoms with Crippen molar-refractivity contribution in [2.45, 2.75) is 45.4 Å². The molecule has 136 valence electrons. The molecule has 1 saturated heterocycles. The van der Waals surface area contributed by atoms with E-state index in [4.69, 9.17) is 9.47 Å². The van der Waals surface area contributed by atoms with E-state index in [0.29, 0.717) is 19.0 Å². The summed E-state index contributed by atoms with van der Waals surface area (Å²) in [5.74, 6) is 0.726. The van der Waals surface area contributed by atoms with Crippen LogP contribution >= 0.6 is 0 Å². The van der Waals surface area contributed by atoms with Crippen molar-refractivity contribution in [1.82, 2.24) is 10.2 Å². The van der Waals surface area contributed by atoms with E-state index in [9.17, 15) is 9.59 Å². The Morgan fingerprint density at radius 2 is 1.92 bits per heavy atom. The summed E-state index contributed by atoms with van der Waals surface area (Å²) in [6.45, 7) is 7.19. The second kappa shape index (κ2) is 6.94. The largest absolute Gasteiger partial charge is 0.445 e. The summed E-state index contributed by atoms with van der Waals surface area (Å²) in [6.07, 6.45) is 0.208. The van der Waals surface area contributed by atoms with E-state index in [0.717, 1.165) is 12.0 Å². The number of rotatable bonds is 3. The highest BCUT2D eigenvalue weighted by atomic mass is 16.6. The highest BCUT2D eigenvalue weighted by Gasteiger charge is 2.49. The molecular formula is C19H26N2O4. The predicted molar refractivity (Wildman–Crippen MR) is 93.0 cm³/mol. The van der Waals surface area contributed by atoms with E-state index in [2.05, 4.69) is 5.32 Å². The van der Waals surface area contributed by atoms with Crippen LogP contribution in [0.2, 0.25) is 0 Å². The minimum Gasteiger partial charge on any atom is -0.445 e. The normalized spacial score (nSPS) is 24.9. The van der Waals surface area contributed by atoms with Gasteiger partial charge in [-0.2, -0.15) is 0 Å². The number of nitrogens with one attached hydrogen (secondary N) is 1. The Hall–Kier alpha value is -2.24. The second-order valence-corrected chi connectivity index (χ2v) is 7.86. The lowest BCUT2D eigenvalue weighted by atomic mass is 9.71. The van der Waals surface area contributed by atoms with Crippen LogP contribution < -0.4 is 5.32 Å². The number of ether oxygens (including phenoxy) is 2. The summed E-state index contributed by atoms with van der Waals surface area (Å²) in [5, 5.41) is 2.93. The van der Waals surface area contributed by atoms with Crippen molar-refractivity contribution in [2.75, 3.05) is 13.1 Å². The van der Waals surface area contributed by atoms with Gasteiger partial charge in [0.05, 0.1) is 0 Å². The van der Waals surface area contributed by atoms with Gasteiger partial charge in [-0.1, -0.05) is 30.3 Å². The number of benzene rings is 1. The van der Waals surface area contributed by atoms with E-state index in [1.54, 1.807) is 4.90 Å². The number of hydrogen-bond donors (Lipinski definition) is 1. The topological polar surface area (TPSA) is 67.9 Å². The third kappa shape index (κ3) is 4.44. The average Bonchev–Trinajstić information content (AvgIpc) is 2.87. The van der Waals surface area contributed by atoms with Gasteiger partial charge >= 0.3 is 12.2 Å². The molecule has 1 unspecified atom stereocenters. The number of carbonyl (C=O) groups is 2. The maximum absolute atomic E-state index is 12.2. The quantitative estimate of drug-likeness (QED) is 0.913. The molecule has 6 heteroatoms. The number of nitrogens with zero attached hydrogens (tertiary/aromatic N) is 1. The van der Waals surface area contributed by atoms with Crippen molar-refractivity contribution < 1.29 is 19.1 Å². The van der Waals surface area contributed by atoms with E-state index in [1.807, 2.05) is 51.1 Å². The van der Waals surface area contributed by atoms with E-state index < -0.39 is 11.7 Å². The highest BCUT2D eigenvalue weighted by molar-refractivity contribution is 5.69. The van der Waals surface area contributed by atoms with Gasteiger partial charge in [0.15, 0.2) is 0 Å². The van der Waals surface area contributed by atoms with Gasteiger partial charge in [0.1, 0.15) is 12.2 Å². The molecule has 3 atom stereocenters. The van der Waals surface area contributed by atoms with Crippen molar-refractivity contribution in [3.8, 4) is 0 Å². The van der Waals surface area contributed by atoms with Gasteiger partial charge < -0.3 is 19.7 Å². The molecular weight excluding hydrogens is 320 g/mol. The zero-order chi connectivity index (χ0) is 18.0. The van der Waals surface area contributed by atoms with Gasteiger partial charge in [-0.15, -0.1) is 0 Å². The van der Waals surface area contributed by atoms with Crippen LogP contribution in [0.3, 0.4) is 0 Å². The first-order valence-corrected chi connectivity index (χ1v) is 8.77. The first-order chi connectivity index (χ1) is 11.8. The van der Waals surface area contributed by atoms with Crippen LogP contribution in [0, 0.1) is 11.8 Å². The van der Waals surface area contributed by atoms with E-state index in [1.165, 1.54) is 0 Å². The number of amides is 2. The Bertz CT molecular complexity index is 626. The average molecular weight is 346 g/mol. The lowest BCUT2D eigenvalue weighted by Crippen LogP contribution is -2.52. The van der Waals surface area contributed by atoms with Crippen LogP contribution in [-0.4, -0.2) is 41.8 Å². The maximum atomic E-state index is 12.2. The number of alkyl carbamates (subject to hydrolysis) is 1. The third-order valence-corrected chi connectivity index (χ3v) is 4.73. The molecule has 1 aliphatic heterocycles. The van der Waals surface area contributed by atoms with Crippen molar-refractivity contribution >= 4 is 12.2 Å². The summed E-state index contributed by atoms with van der Waals surface area (Å²) < 4.78 is 10.7. The fourth-order valence-electron chi connectivity index (χ4n) is 3.46. The molecule has 2 aliphatic rings. The Labute approximate surface area is 148 Å². The standard InChI is InChI=1S/C19H26N2O4/c1-19(2,3)25-18(23)21-10-14-9-16(15(14)11-21)20-17(22)24-12-13-7-5-4-6-8-13/h4-8,14-16H,9-12H2,1-3H3,(H,20,22)/t14-,15+,16?/m1/s1. The molecule has 2 amide bonds. The van der Waals surface area contributed by atoms with Crippen LogP contribution in [0.25, 0.3) is 0 Å². The van der Waals surface area contributed by atoms with Crippen molar-refractivity contribution in [3.05, 3.63) is 35.9 Å². The van der Waals surface area contributed by atoms with Gasteiger partial charge in [-0.3, -0.25) is 0 Å². The molecule has 1 aromatic carbocycles. The minimum absolute atomic E-state index is 0.0701. The molecule has 3 rings (SSSR count). The number of fused-ring (bicyclic) bond motifs is 1. The number of likely N-dealkylation sites (tertiary alicyclic amines) is 1. The van der Waals surface area contributed by atoms with Crippen LogP contribution in [-0.2, 0) is 16.1 Å². The van der Waals surface area contributed by atoms with Crippen LogP contribution in [0.15, 0.2) is 30.3 Å². The van der Waals surface area contributed by atoms with Gasteiger partial charge in [0.25, 0.3) is 0 Å². The minimum atomic E-state index is -0.488. The van der Waals surface area contributed by atoms with E-state index in [-0.39, 0.29) is 24.7 Å². The first kappa shape index (κ1) is 17.6. The van der Waals surface area contributed by atoms with Gasteiger partial charge in [0.2, 0.25) is 0 Å². The van der Waals surface area contributed by atoms with Crippen LogP contribution in [0.4, 0.5) is 9.59 Å². The highest BCUT2D eigenvalue weighted by Crippen LogP contribution is 2.41. The summed E-state index contributed by atoms with van der Waals surface area (Å²) in [4.78, 5) is 25.9. The van der Waals surface area contributed by atoms with Gasteiger partial charge in [-0.25, -0.2) is 9.59 Å². The first-order valence-electron chi connectivity index (χ1n) is 8.77. The molecule has 0 bridgehead atoms. The fraction of sp³-hybridized carbons (Fsp3) is 0.579. The summed E-state index contributed by atoms with van der Waals surface area (Å²) in [5.41, 5.74) is 0.471. The molecule has 1 aromatic rings. The smallest absolute Gasteiger partial charge is 0.410 e. The lowest BCUT2D eigenvalue weighted by molar-refractivity contribution is 0.0288. The Morgan fingerprint density at radius 1 is 1.20 bits per heavy atom. The van der Waals surface area contributed by atoms with Crippen molar-refractivity contribution in [2.24, 2.45) is 11.8 Å². The third-order valence-electron chi connectivity index (χ3n) is 4.73. The zero-order valence-corrected chi connectivity index (χ0v) is 15.0. The molecule has 1 saturated carbocycles. The Kier molecular flexibility index (Phi) is 4.88. The van der Waals surface area contributed by atoms with Crippen LogP contribution in [0.5, 0.6) is 0 Å². The Morgan fingerprint density at radius 3 is 2.60 bits per heavy atom. The number of hydrogen-bond acceptors (Lipinski definition) is 4. The van der Waals surface area contributed by atoms with Gasteiger partial charge in [-0.05, 0) is 38.7 Å². The fourth-order valence-corrected chi connectivity index (χ4v) is 3.46. The summed E-state index contributed by atoms with van der Waals surface area (Å²) in [7, 11) is 0. The molecule has 25 heavy (non-hydrogen) atoms. The zero-order valence-electron chi connectivity index (χ0n) is 15.0. The van der Waals surface area contributed by atoms with E-state index >= 15 is 0 Å². The maximum Gasteiger partial charge on any atom is 0.410 e. The van der Waals surface area contributed by atoms with Crippen LogP contribution in [0.1, 0.15) is 32.8 Å². The number of carbonyl (C=O) groups excluding carboxylic acids is 2. The Balaban J connectivity index is 1.43. The van der Waals surface area contributed by atoms with Crippen molar-refractivity contribution in [3.63, 3.8) is 0 Å². The molecule has 2 fully saturated rings. The molecule has 0 spiro atoms. The van der Waals surface area contributed by atoms with Crippen molar-refractivity contribution in [1.29, 1.82) is 0 Å². The second-order valence-electron chi connectivity index (χ2n) is 7.86. The summed E-state index contributed by atoms with van der Waals surface area (Å²) >= 11 is 0. The summed E-state index contributed by atoms with van der Waals surface area (Å²) in [6, 6.07) is 9.66. The monoisotopic (exact) mass is 346 g/mol. The van der Waals surface area contributed by atoms with Gasteiger partial charge in [0, 0.05) is 25.0 Å². The SMILES string of the molecule is CC(C)(C)OC(=O)N1C[C@H]2CC(NC(=O)OCc3ccccc3)[C@H]2C1. The molecule has 6 nitrogen and oxygen atoms in total.